The van der Waals surface area contributed by atoms with Gasteiger partial charge in [0.1, 0.15) is 0 Å². The topological polar surface area (TPSA) is 70.1 Å². The largest absolute Gasteiger partial charge is 0.398 e. The molecule has 0 bridgehead atoms. The Hall–Kier alpha value is -1.73. The Bertz CT molecular complexity index is 467. The predicted octanol–water partition coefficient (Wildman–Crippen LogP) is 1.68. The fourth-order valence-corrected chi connectivity index (χ4v) is 1.95. The smallest absolute Gasteiger partial charge is 0.222 e. The molecule has 0 radical (unpaired) electrons. The second kappa shape index (κ2) is 5.55. The molecule has 0 atom stereocenters. The molecule has 1 saturated heterocycles. The van der Waals surface area contributed by atoms with E-state index >= 15 is 0 Å². The number of hydrogen-bond acceptors (Lipinski definition) is 3. The Morgan fingerprint density at radius 2 is 2.24 bits per heavy atom. The molecule has 1 fully saturated rings. The van der Waals surface area contributed by atoms with Gasteiger partial charge in [0.2, 0.25) is 5.91 Å². The first-order chi connectivity index (χ1) is 7.72. The summed E-state index contributed by atoms with van der Waals surface area (Å²) >= 11 is 0. The maximum Gasteiger partial charge on any atom is 0.222 e. The van der Waals surface area contributed by atoms with Gasteiger partial charge in [-0.05, 0) is 18.6 Å². The summed E-state index contributed by atoms with van der Waals surface area (Å²) in [5.41, 5.74) is 7.73. The highest BCUT2D eigenvalue weighted by molar-refractivity contribution is 5.85. The van der Waals surface area contributed by atoms with Crippen LogP contribution in [0.1, 0.15) is 24.0 Å². The van der Waals surface area contributed by atoms with E-state index in [2.05, 4.69) is 6.07 Å². The molecule has 1 aliphatic heterocycles. The van der Waals surface area contributed by atoms with Gasteiger partial charge in [0, 0.05) is 30.8 Å². The zero-order valence-corrected chi connectivity index (χ0v) is 10.2. The number of nitriles is 1. The van der Waals surface area contributed by atoms with E-state index in [9.17, 15) is 4.79 Å². The molecule has 0 unspecified atom stereocenters. The van der Waals surface area contributed by atoms with Gasteiger partial charge in [0.15, 0.2) is 0 Å². The standard InChI is InChI=1S/C12H13N3O.ClH/c13-7-9-3-1-4-11(14)10(9)8-15-6-2-5-12(15)16;/h1,3-4H,2,5-6,8,14H2;1H. The van der Waals surface area contributed by atoms with Gasteiger partial charge in [-0.25, -0.2) is 0 Å². The Morgan fingerprint density at radius 3 is 2.82 bits per heavy atom. The van der Waals surface area contributed by atoms with Crippen LogP contribution < -0.4 is 5.73 Å². The van der Waals surface area contributed by atoms with Crippen molar-refractivity contribution in [3.8, 4) is 6.07 Å². The summed E-state index contributed by atoms with van der Waals surface area (Å²) in [4.78, 5) is 13.2. The maximum atomic E-state index is 11.5. The summed E-state index contributed by atoms with van der Waals surface area (Å²) in [5.74, 6) is 0.146. The summed E-state index contributed by atoms with van der Waals surface area (Å²) in [6.07, 6.45) is 1.50. The Balaban J connectivity index is 0.00000144. The van der Waals surface area contributed by atoms with E-state index in [0.29, 0.717) is 24.2 Å². The van der Waals surface area contributed by atoms with Crippen molar-refractivity contribution >= 4 is 24.0 Å². The van der Waals surface area contributed by atoms with Crippen molar-refractivity contribution in [1.29, 1.82) is 5.26 Å². The van der Waals surface area contributed by atoms with Crippen molar-refractivity contribution in [2.45, 2.75) is 19.4 Å². The van der Waals surface area contributed by atoms with Crippen molar-refractivity contribution in [3.63, 3.8) is 0 Å². The molecule has 4 nitrogen and oxygen atoms in total. The first-order valence-electron chi connectivity index (χ1n) is 5.27. The first-order valence-corrected chi connectivity index (χ1v) is 5.27. The molecule has 0 aliphatic carbocycles. The Kier molecular flexibility index (Phi) is 4.36. The van der Waals surface area contributed by atoms with Gasteiger partial charge >= 0.3 is 0 Å². The molecule has 90 valence electrons. The summed E-state index contributed by atoms with van der Waals surface area (Å²) in [6, 6.07) is 7.35. The van der Waals surface area contributed by atoms with Crippen LogP contribution in [-0.4, -0.2) is 17.4 Å². The van der Waals surface area contributed by atoms with Crippen LogP contribution in [0.15, 0.2) is 18.2 Å². The Morgan fingerprint density at radius 1 is 1.47 bits per heavy atom. The van der Waals surface area contributed by atoms with Crippen LogP contribution >= 0.6 is 12.4 Å². The van der Waals surface area contributed by atoms with Crippen LogP contribution in [0.2, 0.25) is 0 Å². The van der Waals surface area contributed by atoms with Crippen molar-refractivity contribution < 1.29 is 4.79 Å². The third-order valence-electron chi connectivity index (χ3n) is 2.85. The SMILES string of the molecule is Cl.N#Cc1cccc(N)c1CN1CCCC1=O. The average Bonchev–Trinajstić information content (AvgIpc) is 2.67. The van der Waals surface area contributed by atoms with E-state index in [0.717, 1.165) is 18.5 Å². The summed E-state index contributed by atoms with van der Waals surface area (Å²) in [5, 5.41) is 8.97. The van der Waals surface area contributed by atoms with Crippen molar-refractivity contribution in [2.24, 2.45) is 0 Å². The van der Waals surface area contributed by atoms with Gasteiger partial charge in [-0.15, -0.1) is 12.4 Å². The van der Waals surface area contributed by atoms with Crippen molar-refractivity contribution in [1.82, 2.24) is 4.90 Å². The minimum Gasteiger partial charge on any atom is -0.398 e. The van der Waals surface area contributed by atoms with Crippen LogP contribution in [-0.2, 0) is 11.3 Å². The highest BCUT2D eigenvalue weighted by Crippen LogP contribution is 2.21. The number of nitrogens with two attached hydrogens (primary N) is 1. The van der Waals surface area contributed by atoms with Crippen molar-refractivity contribution in [3.05, 3.63) is 29.3 Å². The highest BCUT2D eigenvalue weighted by atomic mass is 35.5. The molecule has 0 aromatic heterocycles. The number of carbonyl (C=O) groups excluding carboxylic acids is 1. The van der Waals surface area contributed by atoms with Gasteiger partial charge < -0.3 is 10.6 Å². The third-order valence-corrected chi connectivity index (χ3v) is 2.85. The third kappa shape index (κ3) is 2.69. The van der Waals surface area contributed by atoms with Crippen LogP contribution in [0.3, 0.4) is 0 Å². The molecule has 5 heteroatoms. The van der Waals surface area contributed by atoms with E-state index in [-0.39, 0.29) is 18.3 Å². The van der Waals surface area contributed by atoms with Gasteiger partial charge in [0.25, 0.3) is 0 Å². The summed E-state index contributed by atoms with van der Waals surface area (Å²) < 4.78 is 0. The van der Waals surface area contributed by atoms with Gasteiger partial charge in [-0.3, -0.25) is 4.79 Å². The maximum absolute atomic E-state index is 11.5. The van der Waals surface area contributed by atoms with Crippen LogP contribution in [0.5, 0.6) is 0 Å². The number of nitrogens with zero attached hydrogens (tertiary/aromatic N) is 2. The van der Waals surface area contributed by atoms with Gasteiger partial charge in [-0.1, -0.05) is 6.07 Å². The number of amides is 1. The zero-order valence-electron chi connectivity index (χ0n) is 9.35. The van der Waals surface area contributed by atoms with E-state index in [4.69, 9.17) is 11.0 Å². The van der Waals surface area contributed by atoms with Gasteiger partial charge in [-0.2, -0.15) is 5.26 Å². The number of anilines is 1. The number of likely N-dealkylation sites (tertiary alicyclic amines) is 1. The quantitative estimate of drug-likeness (QED) is 0.813. The molecular weight excluding hydrogens is 238 g/mol. The molecule has 1 aliphatic rings. The predicted molar refractivity (Wildman–Crippen MR) is 67.5 cm³/mol. The van der Waals surface area contributed by atoms with Crippen molar-refractivity contribution in [2.75, 3.05) is 12.3 Å². The molecule has 1 aromatic carbocycles. The van der Waals surface area contributed by atoms with E-state index in [1.54, 1.807) is 23.1 Å². The summed E-state index contributed by atoms with van der Waals surface area (Å²) in [7, 11) is 0. The second-order valence-corrected chi connectivity index (χ2v) is 3.90. The molecule has 1 amide bonds. The number of nitrogen functional groups attached to an aromatic ring is 1. The fraction of sp³-hybridized carbons (Fsp3) is 0.333. The molecular formula is C12H14ClN3O. The lowest BCUT2D eigenvalue weighted by atomic mass is 10.1. The molecule has 17 heavy (non-hydrogen) atoms. The molecule has 0 saturated carbocycles. The number of benzene rings is 1. The average molecular weight is 252 g/mol. The minimum absolute atomic E-state index is 0. The lowest BCUT2D eigenvalue weighted by molar-refractivity contribution is -0.128. The molecule has 1 aromatic rings. The number of hydrogen-bond donors (Lipinski definition) is 1. The molecule has 0 spiro atoms. The Labute approximate surface area is 106 Å². The molecule has 2 N–H and O–H groups in total. The van der Waals surface area contributed by atoms with E-state index in [1.807, 2.05) is 0 Å². The first kappa shape index (κ1) is 13.3. The van der Waals surface area contributed by atoms with E-state index < -0.39 is 0 Å². The second-order valence-electron chi connectivity index (χ2n) is 3.90. The van der Waals surface area contributed by atoms with Crippen LogP contribution in [0.25, 0.3) is 0 Å². The number of carbonyl (C=O) groups is 1. The van der Waals surface area contributed by atoms with Crippen LogP contribution in [0.4, 0.5) is 5.69 Å². The zero-order chi connectivity index (χ0) is 11.5. The van der Waals surface area contributed by atoms with E-state index in [1.165, 1.54) is 0 Å². The fourth-order valence-electron chi connectivity index (χ4n) is 1.95. The lowest BCUT2D eigenvalue weighted by Crippen LogP contribution is -2.24. The molecule has 2 rings (SSSR count). The monoisotopic (exact) mass is 251 g/mol. The minimum atomic E-state index is 0. The molecule has 1 heterocycles. The number of halogens is 1. The van der Waals surface area contributed by atoms with Gasteiger partial charge in [0.05, 0.1) is 11.6 Å². The number of rotatable bonds is 2. The summed E-state index contributed by atoms with van der Waals surface area (Å²) in [6.45, 7) is 1.21. The lowest BCUT2D eigenvalue weighted by Gasteiger charge is -2.17. The van der Waals surface area contributed by atoms with Crippen LogP contribution in [0, 0.1) is 11.3 Å². The normalized spacial score (nSPS) is 14.3. The highest BCUT2D eigenvalue weighted by Gasteiger charge is 2.21.